The Hall–Kier alpha value is -1.84. The van der Waals surface area contributed by atoms with Crippen molar-refractivity contribution in [1.29, 1.82) is 0 Å². The molecule has 0 spiro atoms. The van der Waals surface area contributed by atoms with E-state index < -0.39 is 6.04 Å². The summed E-state index contributed by atoms with van der Waals surface area (Å²) in [6, 6.07) is 7.52. The van der Waals surface area contributed by atoms with Gasteiger partial charge in [-0.2, -0.15) is 0 Å². The van der Waals surface area contributed by atoms with Gasteiger partial charge in [0.05, 0.1) is 0 Å². The molecule has 1 saturated heterocycles. The Morgan fingerprint density at radius 1 is 1.00 bits per heavy atom. The quantitative estimate of drug-likeness (QED) is 0.891. The van der Waals surface area contributed by atoms with Crippen LogP contribution in [0.5, 0.6) is 0 Å². The van der Waals surface area contributed by atoms with E-state index >= 15 is 0 Å². The maximum Gasteiger partial charge on any atom is 0.243 e. The molecule has 1 aliphatic carbocycles. The van der Waals surface area contributed by atoms with E-state index in [4.69, 9.17) is 0 Å². The molecule has 2 amide bonds. The van der Waals surface area contributed by atoms with Crippen molar-refractivity contribution in [3.63, 3.8) is 0 Å². The van der Waals surface area contributed by atoms with E-state index in [0.717, 1.165) is 25.7 Å². The molecule has 0 bridgehead atoms. The van der Waals surface area contributed by atoms with Crippen molar-refractivity contribution in [3.8, 4) is 0 Å². The first-order chi connectivity index (χ1) is 10.6. The molecule has 0 radical (unpaired) electrons. The van der Waals surface area contributed by atoms with Gasteiger partial charge in [0.2, 0.25) is 11.8 Å². The van der Waals surface area contributed by atoms with Crippen LogP contribution in [0.4, 0.5) is 0 Å². The SMILES string of the molecule is CCC(CC)[C@H]1NC(=O)[C@@H](C2Cc3ccccc3C2)NC1=O. The van der Waals surface area contributed by atoms with Crippen LogP contribution in [0.15, 0.2) is 24.3 Å². The summed E-state index contributed by atoms with van der Waals surface area (Å²) in [6.07, 6.45) is 3.52. The molecule has 22 heavy (non-hydrogen) atoms. The number of fused-ring (bicyclic) bond motifs is 1. The van der Waals surface area contributed by atoms with Gasteiger partial charge in [-0.1, -0.05) is 51.0 Å². The molecule has 2 N–H and O–H groups in total. The van der Waals surface area contributed by atoms with E-state index in [0.29, 0.717) is 0 Å². The fourth-order valence-corrected chi connectivity index (χ4v) is 3.87. The van der Waals surface area contributed by atoms with E-state index in [1.165, 1.54) is 11.1 Å². The Kier molecular flexibility index (Phi) is 4.19. The third-order valence-corrected chi connectivity index (χ3v) is 5.23. The van der Waals surface area contributed by atoms with Crippen molar-refractivity contribution >= 4 is 11.8 Å². The van der Waals surface area contributed by atoms with Gasteiger partial charge in [-0.05, 0) is 35.8 Å². The molecule has 2 aliphatic rings. The maximum atomic E-state index is 12.5. The lowest BCUT2D eigenvalue weighted by Crippen LogP contribution is -2.65. The standard InChI is InChI=1S/C18H24N2O2/c1-3-11(4-2)15-17(21)20-16(18(22)19-15)14-9-12-7-5-6-8-13(12)10-14/h5-8,11,14-16H,3-4,9-10H2,1-2H3,(H,19,22)(H,20,21)/t15-,16-/m1/s1. The zero-order chi connectivity index (χ0) is 15.7. The Labute approximate surface area is 131 Å². The third-order valence-electron chi connectivity index (χ3n) is 5.23. The van der Waals surface area contributed by atoms with E-state index in [1.54, 1.807) is 0 Å². The summed E-state index contributed by atoms with van der Waals surface area (Å²) < 4.78 is 0. The van der Waals surface area contributed by atoms with Gasteiger partial charge in [0.15, 0.2) is 0 Å². The average molecular weight is 300 g/mol. The molecule has 0 saturated carbocycles. The first-order valence-corrected chi connectivity index (χ1v) is 8.31. The van der Waals surface area contributed by atoms with Crippen molar-refractivity contribution in [2.75, 3.05) is 0 Å². The van der Waals surface area contributed by atoms with Crippen LogP contribution < -0.4 is 10.6 Å². The van der Waals surface area contributed by atoms with E-state index in [1.807, 2.05) is 12.1 Å². The average Bonchev–Trinajstić information content (AvgIpc) is 2.95. The van der Waals surface area contributed by atoms with E-state index in [-0.39, 0.29) is 29.7 Å². The van der Waals surface area contributed by atoms with E-state index in [9.17, 15) is 9.59 Å². The Morgan fingerprint density at radius 3 is 2.14 bits per heavy atom. The lowest BCUT2D eigenvalue weighted by atomic mass is 9.88. The summed E-state index contributed by atoms with van der Waals surface area (Å²) in [7, 11) is 0. The Bertz CT molecular complexity index is 555. The van der Waals surface area contributed by atoms with Gasteiger partial charge in [-0.15, -0.1) is 0 Å². The molecule has 0 aromatic heterocycles. The number of amides is 2. The maximum absolute atomic E-state index is 12.5. The van der Waals surface area contributed by atoms with Gasteiger partial charge in [0.1, 0.15) is 12.1 Å². The largest absolute Gasteiger partial charge is 0.342 e. The predicted molar refractivity (Wildman–Crippen MR) is 85.3 cm³/mol. The summed E-state index contributed by atoms with van der Waals surface area (Å²) in [4.78, 5) is 24.9. The molecule has 1 aliphatic heterocycles. The second-order valence-corrected chi connectivity index (χ2v) is 6.49. The molecule has 1 heterocycles. The number of carbonyl (C=O) groups is 2. The number of benzene rings is 1. The normalized spacial score (nSPS) is 25.0. The number of hydrogen-bond donors (Lipinski definition) is 2. The minimum atomic E-state index is -0.398. The van der Waals surface area contributed by atoms with Crippen LogP contribution >= 0.6 is 0 Å². The van der Waals surface area contributed by atoms with Crippen LogP contribution in [0.1, 0.15) is 37.8 Å². The van der Waals surface area contributed by atoms with Gasteiger partial charge in [-0.3, -0.25) is 9.59 Å². The summed E-state index contributed by atoms with van der Waals surface area (Å²) in [5.74, 6) is 0.346. The molecule has 1 fully saturated rings. The summed E-state index contributed by atoms with van der Waals surface area (Å²) in [5, 5.41) is 5.96. The van der Waals surface area contributed by atoms with Gasteiger partial charge in [0.25, 0.3) is 0 Å². The molecular weight excluding hydrogens is 276 g/mol. The van der Waals surface area contributed by atoms with Crippen LogP contribution in [-0.4, -0.2) is 23.9 Å². The highest BCUT2D eigenvalue weighted by Gasteiger charge is 2.41. The first-order valence-electron chi connectivity index (χ1n) is 8.31. The Balaban J connectivity index is 1.71. The first kappa shape index (κ1) is 15.1. The van der Waals surface area contributed by atoms with Crippen molar-refractivity contribution in [2.45, 2.75) is 51.6 Å². The van der Waals surface area contributed by atoms with Crippen molar-refractivity contribution in [1.82, 2.24) is 10.6 Å². The monoisotopic (exact) mass is 300 g/mol. The zero-order valence-corrected chi connectivity index (χ0v) is 13.3. The highest BCUT2D eigenvalue weighted by molar-refractivity contribution is 5.97. The van der Waals surface area contributed by atoms with Crippen LogP contribution in [0, 0.1) is 11.8 Å². The minimum absolute atomic E-state index is 0.0192. The van der Waals surface area contributed by atoms with Gasteiger partial charge in [-0.25, -0.2) is 0 Å². The van der Waals surface area contributed by atoms with E-state index in [2.05, 4.69) is 36.6 Å². The molecule has 118 valence electrons. The molecule has 2 atom stereocenters. The van der Waals surface area contributed by atoms with Gasteiger partial charge in [0, 0.05) is 0 Å². The Morgan fingerprint density at radius 2 is 1.59 bits per heavy atom. The molecule has 1 aromatic carbocycles. The molecule has 4 nitrogen and oxygen atoms in total. The number of piperazine rings is 1. The van der Waals surface area contributed by atoms with Crippen LogP contribution in [0.25, 0.3) is 0 Å². The summed E-state index contributed by atoms with van der Waals surface area (Å²) in [5.41, 5.74) is 2.60. The van der Waals surface area contributed by atoms with Gasteiger partial charge < -0.3 is 10.6 Å². The second-order valence-electron chi connectivity index (χ2n) is 6.49. The zero-order valence-electron chi connectivity index (χ0n) is 13.3. The van der Waals surface area contributed by atoms with Crippen molar-refractivity contribution in [3.05, 3.63) is 35.4 Å². The lowest BCUT2D eigenvalue weighted by molar-refractivity contribution is -0.139. The second kappa shape index (κ2) is 6.11. The number of hydrogen-bond acceptors (Lipinski definition) is 2. The number of rotatable bonds is 4. The highest BCUT2D eigenvalue weighted by Crippen LogP contribution is 2.30. The van der Waals surface area contributed by atoms with Crippen LogP contribution in [-0.2, 0) is 22.4 Å². The fraction of sp³-hybridized carbons (Fsp3) is 0.556. The van der Waals surface area contributed by atoms with Crippen LogP contribution in [0.2, 0.25) is 0 Å². The smallest absolute Gasteiger partial charge is 0.243 e. The lowest BCUT2D eigenvalue weighted by Gasteiger charge is -2.35. The van der Waals surface area contributed by atoms with Crippen LogP contribution in [0.3, 0.4) is 0 Å². The topological polar surface area (TPSA) is 58.2 Å². The predicted octanol–water partition coefficient (Wildman–Crippen LogP) is 1.82. The summed E-state index contributed by atoms with van der Waals surface area (Å²) in [6.45, 7) is 4.13. The highest BCUT2D eigenvalue weighted by atomic mass is 16.2. The molecular formula is C18H24N2O2. The third kappa shape index (κ3) is 2.62. The molecule has 4 heteroatoms. The van der Waals surface area contributed by atoms with Crippen molar-refractivity contribution in [2.24, 2.45) is 11.8 Å². The molecule has 0 unspecified atom stereocenters. The summed E-state index contributed by atoms with van der Waals surface area (Å²) >= 11 is 0. The molecule has 3 rings (SSSR count). The van der Waals surface area contributed by atoms with Gasteiger partial charge >= 0.3 is 0 Å². The minimum Gasteiger partial charge on any atom is -0.342 e. The number of nitrogens with one attached hydrogen (secondary N) is 2. The molecule has 1 aromatic rings. The fourth-order valence-electron chi connectivity index (χ4n) is 3.87. The van der Waals surface area contributed by atoms with Crippen molar-refractivity contribution < 1.29 is 9.59 Å². The number of carbonyl (C=O) groups excluding carboxylic acids is 2.